The van der Waals surface area contributed by atoms with Crippen molar-refractivity contribution in [3.05, 3.63) is 6.33 Å². The second-order valence-electron chi connectivity index (χ2n) is 3.70. The largest absolute Gasteiger partial charge is 1.00 e. The molecule has 0 radical (unpaired) electrons. The molecular formula is C8H10N5Na2O6P. The number of nitrogens with zero attached hydrogens (tertiary/aromatic N) is 4. The fourth-order valence-electron chi connectivity index (χ4n) is 1.38. The Bertz CT molecular complexity index is 608. The fraction of sp³-hybridized carbons (Fsp3) is 0.375. The van der Waals surface area contributed by atoms with Crippen LogP contribution in [0.3, 0.4) is 0 Å². The zero-order valence-corrected chi connectivity index (χ0v) is 16.9. The number of hydrogen-bond donors (Lipinski definition) is 2. The van der Waals surface area contributed by atoms with E-state index < -0.39 is 20.2 Å². The maximum Gasteiger partial charge on any atom is 1.00 e. The van der Waals surface area contributed by atoms with Gasteiger partial charge in [0.25, 0.3) is 0 Å². The molecule has 0 amide bonds. The molecule has 0 unspecified atom stereocenters. The smallest absolute Gasteiger partial charge is 0.857 e. The fourth-order valence-corrected chi connectivity index (χ4v) is 1.68. The average molecular weight is 349 g/mol. The monoisotopic (exact) mass is 349 g/mol. The second-order valence-corrected chi connectivity index (χ2v) is 5.23. The van der Waals surface area contributed by atoms with Crippen LogP contribution >= 0.6 is 7.94 Å². The first-order valence-electron chi connectivity index (χ1n) is 5.20. The maximum atomic E-state index is 11.4. The van der Waals surface area contributed by atoms with Gasteiger partial charge >= 0.3 is 59.1 Å². The van der Waals surface area contributed by atoms with E-state index in [4.69, 9.17) is 15.4 Å². The van der Waals surface area contributed by atoms with Crippen LogP contribution in [0.4, 0.5) is 5.95 Å². The first-order chi connectivity index (χ1) is 9.37. The second kappa shape index (κ2) is 9.62. The Balaban J connectivity index is 0.00000220. The van der Waals surface area contributed by atoms with Crippen molar-refractivity contribution in [3.8, 4) is 5.88 Å². The van der Waals surface area contributed by atoms with Crippen molar-refractivity contribution < 1.29 is 88.4 Å². The summed E-state index contributed by atoms with van der Waals surface area (Å²) in [4.78, 5) is 40.3. The minimum atomic E-state index is -4.47. The molecule has 0 atom stereocenters. The van der Waals surface area contributed by atoms with E-state index in [-0.39, 0.29) is 89.8 Å². The van der Waals surface area contributed by atoms with Crippen molar-refractivity contribution in [3.63, 3.8) is 0 Å². The third kappa shape index (κ3) is 6.48. The molecule has 0 aromatic carbocycles. The molecule has 0 aliphatic rings. The van der Waals surface area contributed by atoms with Gasteiger partial charge in [-0.15, -0.1) is 0 Å². The minimum absolute atomic E-state index is 0. The van der Waals surface area contributed by atoms with Crippen molar-refractivity contribution in [2.24, 2.45) is 0 Å². The maximum absolute atomic E-state index is 11.4. The van der Waals surface area contributed by atoms with Crippen LogP contribution in [0, 0.1) is 0 Å². The van der Waals surface area contributed by atoms with Gasteiger partial charge in [-0.3, -0.25) is 9.46 Å². The summed E-state index contributed by atoms with van der Waals surface area (Å²) in [5.74, 6) is -0.789. The first kappa shape index (κ1) is 22.4. The van der Waals surface area contributed by atoms with Gasteiger partial charge in [-0.2, -0.15) is 4.98 Å². The van der Waals surface area contributed by atoms with E-state index in [2.05, 4.69) is 19.7 Å². The molecule has 22 heavy (non-hydrogen) atoms. The Kier molecular flexibility index (Phi) is 9.79. The number of ether oxygens (including phenoxy) is 2. The van der Waals surface area contributed by atoms with Crippen LogP contribution in [-0.4, -0.2) is 37.6 Å². The van der Waals surface area contributed by atoms with E-state index in [0.717, 1.165) is 0 Å². The molecule has 14 heteroatoms. The summed E-state index contributed by atoms with van der Waals surface area (Å²) in [7, 11) is -4.47. The Labute approximate surface area is 169 Å². The van der Waals surface area contributed by atoms with E-state index >= 15 is 0 Å². The summed E-state index contributed by atoms with van der Waals surface area (Å²) in [6.45, 7) is -0.474. The third-order valence-electron chi connectivity index (χ3n) is 2.10. The average Bonchev–Trinajstić information content (AvgIpc) is 2.70. The summed E-state index contributed by atoms with van der Waals surface area (Å²) in [6.07, 6.45) is 0.447. The van der Waals surface area contributed by atoms with E-state index in [9.17, 15) is 14.9 Å². The number of rotatable bonds is 6. The molecule has 2 aromatic rings. The molecule has 110 valence electrons. The van der Waals surface area contributed by atoms with E-state index in [1.54, 1.807) is 0 Å². The Morgan fingerprint density at radius 1 is 1.27 bits per heavy atom. The van der Waals surface area contributed by atoms with Gasteiger partial charge in [0.2, 0.25) is 5.95 Å². The molecule has 0 saturated heterocycles. The molecule has 11 nitrogen and oxygen atoms in total. The molecule has 3 N–H and O–H groups in total. The van der Waals surface area contributed by atoms with E-state index in [1.807, 2.05) is 0 Å². The van der Waals surface area contributed by atoms with E-state index in [0.29, 0.717) is 0 Å². The Morgan fingerprint density at radius 2 is 1.95 bits per heavy atom. The summed E-state index contributed by atoms with van der Waals surface area (Å²) < 4.78 is 10.9. The summed E-state index contributed by atoms with van der Waals surface area (Å²) >= 11 is 0. The molecule has 2 heterocycles. The van der Waals surface area contributed by atoms with Crippen molar-refractivity contribution in [1.82, 2.24) is 19.5 Å². The zero-order valence-electron chi connectivity index (χ0n) is 12.0. The zero-order chi connectivity index (χ0) is 14.8. The van der Waals surface area contributed by atoms with Gasteiger partial charge in [-0.1, -0.05) is 0 Å². The van der Waals surface area contributed by atoms with Crippen LogP contribution in [0.15, 0.2) is 6.33 Å². The van der Waals surface area contributed by atoms with Crippen LogP contribution in [-0.2, 0) is 16.2 Å². The van der Waals surface area contributed by atoms with Crippen LogP contribution in [0.25, 0.3) is 11.2 Å². The Morgan fingerprint density at radius 3 is 2.59 bits per heavy atom. The number of imidazole rings is 1. The predicted molar refractivity (Wildman–Crippen MR) is 60.2 cm³/mol. The summed E-state index contributed by atoms with van der Waals surface area (Å²) in [5, 5.41) is 11.4. The molecule has 0 bridgehead atoms. The summed E-state index contributed by atoms with van der Waals surface area (Å²) in [6, 6.07) is 0. The molecule has 0 aliphatic carbocycles. The minimum Gasteiger partial charge on any atom is -0.857 e. The predicted octanol–water partition coefficient (Wildman–Crippen LogP) is -9.13. The first-order valence-corrected chi connectivity index (χ1v) is 6.97. The SMILES string of the molecule is Nc1nc([O-])c2ncn(COCOC[P+]([O-])([O-])O)c2n1.[Na+].[Na+]. The topological polar surface area (TPSA) is 177 Å². The normalized spacial score (nSPS) is 11.0. The Hall–Kier alpha value is 0.380. The molecule has 0 fully saturated rings. The van der Waals surface area contributed by atoms with Gasteiger partial charge in [-0.05, 0) is 0 Å². The third-order valence-corrected chi connectivity index (χ3v) is 2.61. The number of aromatic nitrogens is 4. The van der Waals surface area contributed by atoms with Crippen molar-refractivity contribution in [1.29, 1.82) is 0 Å². The molecule has 0 saturated carbocycles. The molecule has 2 rings (SSSR count). The van der Waals surface area contributed by atoms with Gasteiger partial charge in [0.05, 0.1) is 14.3 Å². The quantitative estimate of drug-likeness (QED) is 0.220. The van der Waals surface area contributed by atoms with Crippen LogP contribution in [0.5, 0.6) is 5.88 Å². The van der Waals surface area contributed by atoms with Crippen molar-refractivity contribution in [2.75, 3.05) is 18.9 Å². The van der Waals surface area contributed by atoms with Crippen LogP contribution in [0.2, 0.25) is 0 Å². The van der Waals surface area contributed by atoms with Gasteiger partial charge in [0.1, 0.15) is 12.2 Å². The molecule has 0 aliphatic heterocycles. The number of nitrogen functional groups attached to an aromatic ring is 1. The molecule has 2 aromatic heterocycles. The molecule has 0 spiro atoms. The number of fused-ring (bicyclic) bond motifs is 1. The molecular weight excluding hydrogens is 339 g/mol. The number of nitrogens with two attached hydrogens (primary N) is 1. The van der Waals surface area contributed by atoms with Crippen molar-refractivity contribution >= 4 is 25.1 Å². The standard InChI is InChI=1S/C8H12N5O6P.2Na/c9-8-11-6-5(7(14)12-8)10-1-13(6)2-18-3-19-4-20(15,16)17;;/h1H,2-4H2,(H2,15,16,17)(H3,9,11,12,14);;/q;2*+1/p-2. The van der Waals surface area contributed by atoms with Crippen LogP contribution in [0.1, 0.15) is 0 Å². The van der Waals surface area contributed by atoms with Gasteiger partial charge < -0.3 is 30.1 Å². The van der Waals surface area contributed by atoms with E-state index in [1.165, 1.54) is 10.9 Å². The number of anilines is 1. The van der Waals surface area contributed by atoms with Gasteiger partial charge in [0.15, 0.2) is 18.8 Å². The van der Waals surface area contributed by atoms with Gasteiger partial charge in [0, 0.05) is 5.88 Å². The van der Waals surface area contributed by atoms with Crippen LogP contribution < -0.4 is 79.7 Å². The van der Waals surface area contributed by atoms with Crippen molar-refractivity contribution in [2.45, 2.75) is 6.73 Å². The summed E-state index contributed by atoms with van der Waals surface area (Å²) in [5.41, 5.74) is 5.59. The van der Waals surface area contributed by atoms with Gasteiger partial charge in [-0.25, -0.2) is 9.97 Å². The number of hydrogen-bond acceptors (Lipinski definition) is 10.